The number of fused-ring (bicyclic) bond motifs is 1. The fourth-order valence-corrected chi connectivity index (χ4v) is 5.73. The summed E-state index contributed by atoms with van der Waals surface area (Å²) in [6.45, 7) is 10.1. The quantitative estimate of drug-likeness (QED) is 0.729. The maximum atomic E-state index is 13.3. The van der Waals surface area contributed by atoms with E-state index < -0.39 is 0 Å². The van der Waals surface area contributed by atoms with Crippen LogP contribution in [0.5, 0.6) is 0 Å². The molecule has 1 saturated heterocycles. The Morgan fingerprint density at radius 3 is 2.52 bits per heavy atom. The molecule has 3 heterocycles. The highest BCUT2D eigenvalue weighted by atomic mass is 32.1. The molecular weight excluding hydrogens is 406 g/mol. The van der Waals surface area contributed by atoms with E-state index in [4.69, 9.17) is 0 Å². The number of carbonyl (C=O) groups is 2. The molecule has 2 aromatic rings. The molecule has 0 saturated carbocycles. The van der Waals surface area contributed by atoms with Crippen molar-refractivity contribution in [1.29, 1.82) is 0 Å². The maximum Gasteiger partial charge on any atom is 0.236 e. The molecule has 6 heteroatoms. The van der Waals surface area contributed by atoms with Crippen LogP contribution in [-0.2, 0) is 16.0 Å². The molecular formula is C25H33N3O2S. The fourth-order valence-electron chi connectivity index (χ4n) is 4.82. The molecule has 2 aliphatic rings. The number of aryl methyl sites for hydroxylation is 1. The van der Waals surface area contributed by atoms with Crippen molar-refractivity contribution in [1.82, 2.24) is 14.7 Å². The van der Waals surface area contributed by atoms with Gasteiger partial charge in [0.1, 0.15) is 0 Å². The Morgan fingerprint density at radius 1 is 1.00 bits per heavy atom. The van der Waals surface area contributed by atoms with Crippen LogP contribution in [0.2, 0.25) is 0 Å². The van der Waals surface area contributed by atoms with Gasteiger partial charge < -0.3 is 9.80 Å². The Balaban J connectivity index is 1.49. The normalized spacial score (nSPS) is 19.9. The van der Waals surface area contributed by atoms with E-state index in [2.05, 4.69) is 47.5 Å². The van der Waals surface area contributed by atoms with Gasteiger partial charge in [-0.1, -0.05) is 38.1 Å². The van der Waals surface area contributed by atoms with Crippen LogP contribution in [0.1, 0.15) is 47.9 Å². The van der Waals surface area contributed by atoms with Crippen LogP contribution in [0.4, 0.5) is 0 Å². The Kier molecular flexibility index (Phi) is 6.77. The molecule has 166 valence electrons. The summed E-state index contributed by atoms with van der Waals surface area (Å²) < 4.78 is 0. The van der Waals surface area contributed by atoms with Crippen LogP contribution >= 0.6 is 11.3 Å². The zero-order chi connectivity index (χ0) is 22.0. The van der Waals surface area contributed by atoms with Crippen molar-refractivity contribution in [2.45, 2.75) is 39.7 Å². The molecule has 0 spiro atoms. The third kappa shape index (κ3) is 4.70. The molecule has 31 heavy (non-hydrogen) atoms. The van der Waals surface area contributed by atoms with Gasteiger partial charge in [0.15, 0.2) is 0 Å². The van der Waals surface area contributed by atoms with Gasteiger partial charge in [0, 0.05) is 43.5 Å². The molecule has 2 aliphatic heterocycles. The third-order valence-electron chi connectivity index (χ3n) is 6.54. The first-order chi connectivity index (χ1) is 15.0. The van der Waals surface area contributed by atoms with Gasteiger partial charge in [0.2, 0.25) is 11.8 Å². The summed E-state index contributed by atoms with van der Waals surface area (Å²) in [6, 6.07) is 10.9. The molecule has 0 aliphatic carbocycles. The lowest BCUT2D eigenvalue weighted by atomic mass is 9.90. The minimum absolute atomic E-state index is 0.00489. The lowest BCUT2D eigenvalue weighted by Gasteiger charge is -2.37. The number of nitrogens with zero attached hydrogens (tertiary/aromatic N) is 3. The summed E-state index contributed by atoms with van der Waals surface area (Å²) in [6.07, 6.45) is 1.85. The predicted octanol–water partition coefficient (Wildman–Crippen LogP) is 3.72. The molecule has 1 fully saturated rings. The third-order valence-corrected chi connectivity index (χ3v) is 7.54. The predicted molar refractivity (Wildman–Crippen MR) is 125 cm³/mol. The Bertz CT molecular complexity index is 938. The highest BCUT2D eigenvalue weighted by molar-refractivity contribution is 7.10. The lowest BCUT2D eigenvalue weighted by Crippen LogP contribution is -2.45. The summed E-state index contributed by atoms with van der Waals surface area (Å²) >= 11 is 1.83. The molecule has 4 rings (SSSR count). The summed E-state index contributed by atoms with van der Waals surface area (Å²) in [5.74, 6) is 0.372. The van der Waals surface area contributed by atoms with Crippen molar-refractivity contribution in [3.63, 3.8) is 0 Å². The molecule has 5 nitrogen and oxygen atoms in total. The van der Waals surface area contributed by atoms with Crippen molar-refractivity contribution in [2.24, 2.45) is 5.92 Å². The van der Waals surface area contributed by atoms with Crippen molar-refractivity contribution < 1.29 is 9.59 Å². The highest BCUT2D eigenvalue weighted by Crippen LogP contribution is 2.38. The van der Waals surface area contributed by atoms with E-state index in [0.29, 0.717) is 19.6 Å². The number of amides is 2. The number of thiophene rings is 1. The van der Waals surface area contributed by atoms with E-state index in [1.54, 1.807) is 0 Å². The second-order valence-electron chi connectivity index (χ2n) is 8.99. The van der Waals surface area contributed by atoms with Crippen LogP contribution in [0.25, 0.3) is 0 Å². The zero-order valence-electron chi connectivity index (χ0n) is 18.8. The zero-order valence-corrected chi connectivity index (χ0v) is 19.7. The Morgan fingerprint density at radius 2 is 1.74 bits per heavy atom. The van der Waals surface area contributed by atoms with Crippen LogP contribution in [0, 0.1) is 12.8 Å². The van der Waals surface area contributed by atoms with Crippen molar-refractivity contribution in [3.05, 3.63) is 57.3 Å². The lowest BCUT2D eigenvalue weighted by molar-refractivity contribution is -0.136. The van der Waals surface area contributed by atoms with Gasteiger partial charge in [-0.2, -0.15) is 0 Å². The minimum Gasteiger partial charge on any atom is -0.341 e. The molecule has 0 radical (unpaired) electrons. The molecule has 1 atom stereocenters. The van der Waals surface area contributed by atoms with E-state index in [-0.39, 0.29) is 23.8 Å². The Hall–Kier alpha value is -2.18. The topological polar surface area (TPSA) is 43.9 Å². The first-order valence-electron chi connectivity index (χ1n) is 11.4. The fraction of sp³-hybridized carbons (Fsp3) is 0.520. The van der Waals surface area contributed by atoms with Crippen molar-refractivity contribution >= 4 is 23.2 Å². The molecule has 0 N–H and O–H groups in total. The molecule has 1 aromatic heterocycles. The monoisotopic (exact) mass is 439 g/mol. The average Bonchev–Trinajstić information content (AvgIpc) is 3.09. The number of carbonyl (C=O) groups excluding carboxylic acids is 2. The standard InChI is InChI=1S/C25H33N3O2S/c1-18(2)25(30)27-12-6-11-26(14-15-27)23(29)17-28-13-9-22-21(10-16-31-22)24(28)20-8-5-4-7-19(20)3/h4-5,7-8,10,16,18,24H,6,9,11-15,17H2,1-3H3. The van der Waals surface area contributed by atoms with Gasteiger partial charge in [0.25, 0.3) is 0 Å². The van der Waals surface area contributed by atoms with Gasteiger partial charge in [-0.25, -0.2) is 0 Å². The van der Waals surface area contributed by atoms with E-state index in [0.717, 1.165) is 32.5 Å². The second kappa shape index (κ2) is 9.53. The minimum atomic E-state index is 0.00489. The first kappa shape index (κ1) is 22.0. The largest absolute Gasteiger partial charge is 0.341 e. The summed E-state index contributed by atoms with van der Waals surface area (Å²) in [5.41, 5.74) is 3.91. The smallest absolute Gasteiger partial charge is 0.236 e. The number of hydrogen-bond donors (Lipinski definition) is 0. The number of hydrogen-bond acceptors (Lipinski definition) is 4. The SMILES string of the molecule is Cc1ccccc1C1c2ccsc2CCN1CC(=O)N1CCCN(C(=O)C(C)C)CC1. The number of rotatable bonds is 4. The van der Waals surface area contributed by atoms with Crippen LogP contribution in [-0.4, -0.2) is 65.8 Å². The average molecular weight is 440 g/mol. The van der Waals surface area contributed by atoms with Crippen LogP contribution in [0.3, 0.4) is 0 Å². The van der Waals surface area contributed by atoms with Gasteiger partial charge in [-0.05, 0) is 47.9 Å². The number of benzene rings is 1. The second-order valence-corrected chi connectivity index (χ2v) is 9.99. The van der Waals surface area contributed by atoms with Gasteiger partial charge in [0.05, 0.1) is 12.6 Å². The molecule has 1 unspecified atom stereocenters. The van der Waals surface area contributed by atoms with Gasteiger partial charge >= 0.3 is 0 Å². The molecule has 0 bridgehead atoms. The summed E-state index contributed by atoms with van der Waals surface area (Å²) in [4.78, 5) is 33.4. The van der Waals surface area contributed by atoms with Crippen LogP contribution in [0.15, 0.2) is 35.7 Å². The summed E-state index contributed by atoms with van der Waals surface area (Å²) in [7, 11) is 0. The van der Waals surface area contributed by atoms with Gasteiger partial charge in [-0.15, -0.1) is 11.3 Å². The highest BCUT2D eigenvalue weighted by Gasteiger charge is 2.33. The van der Waals surface area contributed by atoms with E-state index in [1.165, 1.54) is 21.6 Å². The first-order valence-corrected chi connectivity index (χ1v) is 12.3. The van der Waals surface area contributed by atoms with E-state index >= 15 is 0 Å². The van der Waals surface area contributed by atoms with Crippen molar-refractivity contribution in [2.75, 3.05) is 39.3 Å². The van der Waals surface area contributed by atoms with Crippen molar-refractivity contribution in [3.8, 4) is 0 Å². The summed E-state index contributed by atoms with van der Waals surface area (Å²) in [5, 5.41) is 2.18. The maximum absolute atomic E-state index is 13.3. The van der Waals surface area contributed by atoms with E-state index in [1.807, 2.05) is 35.0 Å². The van der Waals surface area contributed by atoms with Gasteiger partial charge in [-0.3, -0.25) is 14.5 Å². The Labute approximate surface area is 189 Å². The van der Waals surface area contributed by atoms with Crippen LogP contribution < -0.4 is 0 Å². The molecule has 2 amide bonds. The van der Waals surface area contributed by atoms with E-state index in [9.17, 15) is 9.59 Å². The molecule has 1 aromatic carbocycles.